The molecule has 3 aromatic rings. The molecule has 152 valence electrons. The lowest BCUT2D eigenvalue weighted by Gasteiger charge is -2.15. The van der Waals surface area contributed by atoms with E-state index < -0.39 is 0 Å². The third-order valence-electron chi connectivity index (χ3n) is 5.79. The van der Waals surface area contributed by atoms with Gasteiger partial charge in [-0.05, 0) is 56.0 Å². The Balaban J connectivity index is 1.90. The molecule has 0 amide bonds. The summed E-state index contributed by atoms with van der Waals surface area (Å²) in [6.07, 6.45) is 4.85. The molecule has 4 rings (SSSR count). The van der Waals surface area contributed by atoms with E-state index in [-0.39, 0.29) is 6.04 Å². The van der Waals surface area contributed by atoms with Gasteiger partial charge in [0.2, 0.25) is 0 Å². The van der Waals surface area contributed by atoms with Crippen molar-refractivity contribution in [3.63, 3.8) is 0 Å². The molecule has 0 aliphatic carbocycles. The van der Waals surface area contributed by atoms with E-state index in [0.29, 0.717) is 24.3 Å². The lowest BCUT2D eigenvalue weighted by Crippen LogP contribution is -2.18. The van der Waals surface area contributed by atoms with Gasteiger partial charge in [0.25, 0.3) is 0 Å². The Kier molecular flexibility index (Phi) is 5.47. The molecule has 1 aromatic carbocycles. The highest BCUT2D eigenvalue weighted by atomic mass is 16.5. The highest BCUT2D eigenvalue weighted by Crippen LogP contribution is 2.24. The maximum Gasteiger partial charge on any atom is 0.159 e. The third-order valence-corrected chi connectivity index (χ3v) is 5.79. The van der Waals surface area contributed by atoms with Gasteiger partial charge in [-0.15, -0.1) is 0 Å². The Morgan fingerprint density at radius 3 is 2.87 bits per heavy atom. The van der Waals surface area contributed by atoms with Crippen molar-refractivity contribution in [1.29, 1.82) is 5.26 Å². The molecule has 0 saturated carbocycles. The van der Waals surface area contributed by atoms with Crippen LogP contribution in [-0.4, -0.2) is 27.7 Å². The topological polar surface area (TPSA) is 76.1 Å². The van der Waals surface area contributed by atoms with Crippen molar-refractivity contribution in [1.82, 2.24) is 14.5 Å². The van der Waals surface area contributed by atoms with Crippen molar-refractivity contribution in [3.8, 4) is 6.07 Å². The van der Waals surface area contributed by atoms with E-state index in [1.165, 1.54) is 5.57 Å². The van der Waals surface area contributed by atoms with Crippen LogP contribution in [0.15, 0.2) is 41.5 Å². The van der Waals surface area contributed by atoms with Gasteiger partial charge in [0, 0.05) is 12.4 Å². The Morgan fingerprint density at radius 2 is 2.13 bits per heavy atom. The fourth-order valence-electron chi connectivity index (χ4n) is 3.87. The van der Waals surface area contributed by atoms with Gasteiger partial charge in [-0.3, -0.25) is 9.98 Å². The van der Waals surface area contributed by atoms with Crippen LogP contribution in [0, 0.1) is 25.2 Å². The lowest BCUT2D eigenvalue weighted by atomic mass is 9.98. The summed E-state index contributed by atoms with van der Waals surface area (Å²) in [6, 6.07) is 10.0. The minimum Gasteiger partial charge on any atom is -0.377 e. The Bertz CT molecular complexity index is 1260. The number of hydrogen-bond acceptors (Lipinski definition) is 5. The van der Waals surface area contributed by atoms with Gasteiger partial charge in [-0.1, -0.05) is 18.2 Å². The first-order valence-corrected chi connectivity index (χ1v) is 10.1. The summed E-state index contributed by atoms with van der Waals surface area (Å²) >= 11 is 0. The molecular formula is C24H25N5O. The number of rotatable bonds is 3. The monoisotopic (exact) mass is 399 g/mol. The van der Waals surface area contributed by atoms with Crippen molar-refractivity contribution in [2.45, 2.75) is 33.2 Å². The molecule has 1 aliphatic heterocycles. The van der Waals surface area contributed by atoms with Gasteiger partial charge in [0.1, 0.15) is 5.82 Å². The van der Waals surface area contributed by atoms with E-state index in [9.17, 15) is 5.26 Å². The van der Waals surface area contributed by atoms with E-state index in [4.69, 9.17) is 19.7 Å². The van der Waals surface area contributed by atoms with E-state index in [2.05, 4.69) is 18.2 Å². The second-order valence-electron chi connectivity index (χ2n) is 7.62. The van der Waals surface area contributed by atoms with Crippen LogP contribution >= 0.6 is 0 Å². The molecule has 0 bridgehead atoms. The second kappa shape index (κ2) is 8.21. The molecule has 30 heavy (non-hydrogen) atoms. The van der Waals surface area contributed by atoms with Gasteiger partial charge in [-0.25, -0.2) is 4.98 Å². The number of nitriles is 1. The van der Waals surface area contributed by atoms with E-state index >= 15 is 0 Å². The molecular weight excluding hydrogens is 374 g/mol. The molecule has 0 spiro atoms. The molecule has 3 heterocycles. The third kappa shape index (κ3) is 3.64. The number of aromatic nitrogens is 3. The van der Waals surface area contributed by atoms with Gasteiger partial charge < -0.3 is 9.30 Å². The summed E-state index contributed by atoms with van der Waals surface area (Å²) in [5.74, 6) is 0.871. The van der Waals surface area contributed by atoms with Gasteiger partial charge in [-0.2, -0.15) is 5.26 Å². The fraction of sp³-hybridized carbons (Fsp3) is 0.333. The average molecular weight is 399 g/mol. The molecule has 6 heteroatoms. The molecule has 0 saturated heterocycles. The van der Waals surface area contributed by atoms with Crippen LogP contribution in [0.3, 0.4) is 0 Å². The highest BCUT2D eigenvalue weighted by Gasteiger charge is 2.14. The maximum atomic E-state index is 9.36. The largest absolute Gasteiger partial charge is 0.377 e. The Hall–Kier alpha value is -3.30. The van der Waals surface area contributed by atoms with Gasteiger partial charge in [0.05, 0.1) is 48.3 Å². The molecule has 0 unspecified atom stereocenters. The zero-order valence-electron chi connectivity index (χ0n) is 17.8. The molecule has 1 aliphatic rings. The predicted octanol–water partition coefficient (Wildman–Crippen LogP) is 3.92. The first-order chi connectivity index (χ1) is 14.5. The standard InChI is InChI=1S/C24H25N5O/c1-15-19(13-25)6-5-7-20(15)16(2)27-24-21-12-22(18-8-10-30-11-9-18)26-14-23(21)29(4)17(3)28-24/h5-8,12,14,16H,9-11H2,1-4H3/t16-/m1/s1. The Morgan fingerprint density at radius 1 is 1.30 bits per heavy atom. The van der Waals surface area contributed by atoms with E-state index in [1.807, 2.05) is 56.8 Å². The summed E-state index contributed by atoms with van der Waals surface area (Å²) in [5, 5.41) is 10.3. The molecule has 1 atom stereocenters. The molecule has 2 aromatic heterocycles. The number of fused-ring (bicyclic) bond motifs is 1. The van der Waals surface area contributed by atoms with Gasteiger partial charge in [0.15, 0.2) is 5.49 Å². The normalized spacial score (nSPS) is 15.7. The van der Waals surface area contributed by atoms with E-state index in [0.717, 1.165) is 40.0 Å². The second-order valence-corrected chi connectivity index (χ2v) is 7.62. The zero-order valence-corrected chi connectivity index (χ0v) is 17.8. The highest BCUT2D eigenvalue weighted by molar-refractivity contribution is 5.81. The van der Waals surface area contributed by atoms with Crippen molar-refractivity contribution in [2.24, 2.45) is 12.0 Å². The summed E-state index contributed by atoms with van der Waals surface area (Å²) in [4.78, 5) is 14.5. The molecule has 0 N–H and O–H groups in total. The number of hydrogen-bond donors (Lipinski definition) is 0. The van der Waals surface area contributed by atoms with Crippen molar-refractivity contribution in [2.75, 3.05) is 13.2 Å². The van der Waals surface area contributed by atoms with Crippen molar-refractivity contribution >= 4 is 16.5 Å². The summed E-state index contributed by atoms with van der Waals surface area (Å²) < 4.78 is 7.47. The summed E-state index contributed by atoms with van der Waals surface area (Å²) in [7, 11) is 1.99. The number of nitrogens with zero attached hydrogens (tertiary/aromatic N) is 5. The van der Waals surface area contributed by atoms with E-state index in [1.54, 1.807) is 0 Å². The van der Waals surface area contributed by atoms with Crippen LogP contribution in [0.4, 0.5) is 0 Å². The minimum absolute atomic E-state index is 0.125. The SMILES string of the molecule is Cc1c(C#N)cccc1[C@@H](C)N=c1nc(C)n(C)c2cnc(C3=CCOCC3)cc12. The fourth-order valence-corrected chi connectivity index (χ4v) is 3.87. The quantitative estimate of drug-likeness (QED) is 0.669. The summed E-state index contributed by atoms with van der Waals surface area (Å²) in [6.45, 7) is 7.33. The van der Waals surface area contributed by atoms with Crippen LogP contribution in [0.5, 0.6) is 0 Å². The number of benzene rings is 1. The average Bonchev–Trinajstić information content (AvgIpc) is 2.77. The summed E-state index contributed by atoms with van der Waals surface area (Å²) in [5.41, 5.74) is 6.52. The number of aryl methyl sites for hydroxylation is 2. The molecule has 0 fully saturated rings. The van der Waals surface area contributed by atoms with Crippen LogP contribution in [0.2, 0.25) is 0 Å². The smallest absolute Gasteiger partial charge is 0.159 e. The molecule has 6 nitrogen and oxygen atoms in total. The molecule has 0 radical (unpaired) electrons. The van der Waals surface area contributed by atoms with Crippen molar-refractivity contribution in [3.05, 3.63) is 70.2 Å². The first kappa shape index (κ1) is 20.0. The van der Waals surface area contributed by atoms with Crippen LogP contribution < -0.4 is 5.49 Å². The van der Waals surface area contributed by atoms with Gasteiger partial charge >= 0.3 is 0 Å². The minimum atomic E-state index is -0.125. The van der Waals surface area contributed by atoms with Crippen LogP contribution in [0.1, 0.15) is 47.6 Å². The lowest BCUT2D eigenvalue weighted by molar-refractivity contribution is 0.161. The first-order valence-electron chi connectivity index (χ1n) is 10.1. The maximum absolute atomic E-state index is 9.36. The van der Waals surface area contributed by atoms with Crippen LogP contribution in [-0.2, 0) is 11.8 Å². The number of pyridine rings is 1. The van der Waals surface area contributed by atoms with Crippen LogP contribution in [0.25, 0.3) is 16.5 Å². The Labute approximate surface area is 176 Å². The van der Waals surface area contributed by atoms with Crippen molar-refractivity contribution < 1.29 is 4.74 Å². The number of ether oxygens (including phenoxy) is 1. The predicted molar refractivity (Wildman–Crippen MR) is 117 cm³/mol. The zero-order chi connectivity index (χ0) is 21.3.